The number of ether oxygens (including phenoxy) is 2. The number of carboxylic acids is 2. The van der Waals surface area contributed by atoms with Crippen LogP contribution in [-0.4, -0.2) is 44.8 Å². The van der Waals surface area contributed by atoms with Crippen molar-refractivity contribution >= 4 is 23.9 Å². The summed E-state index contributed by atoms with van der Waals surface area (Å²) >= 11 is 0. The SMILES string of the molecule is CC(C)=CCC/C(C)=C/CC/C(C)=C/CC[C@@](C)(O)CCc1c(C)c(OC(=O)CCCC(=O)O)c(C)c(C)c1OC(=O)CCCC(=O)O. The molecule has 1 aromatic carbocycles. The number of carboxylic acid groups (broad SMARTS) is 2. The second-order valence-corrected chi connectivity index (χ2v) is 13.4. The number of carbonyl (C=O) groups is 4. The average Bonchev–Trinajstić information content (AvgIpc) is 2.97. The lowest BCUT2D eigenvalue weighted by molar-refractivity contribution is -0.139. The van der Waals surface area contributed by atoms with Gasteiger partial charge in [0.05, 0.1) is 5.60 Å². The van der Waals surface area contributed by atoms with Crippen LogP contribution in [0.15, 0.2) is 34.9 Å². The van der Waals surface area contributed by atoms with Crippen molar-refractivity contribution < 1.29 is 44.0 Å². The van der Waals surface area contributed by atoms with E-state index in [9.17, 15) is 24.3 Å². The van der Waals surface area contributed by atoms with Gasteiger partial charge >= 0.3 is 23.9 Å². The number of aliphatic hydroxyl groups is 1. The van der Waals surface area contributed by atoms with Gasteiger partial charge < -0.3 is 24.8 Å². The van der Waals surface area contributed by atoms with Crippen molar-refractivity contribution in [2.45, 2.75) is 151 Å². The molecule has 48 heavy (non-hydrogen) atoms. The van der Waals surface area contributed by atoms with Gasteiger partial charge in [0, 0.05) is 31.2 Å². The Morgan fingerprint density at radius 2 is 1.08 bits per heavy atom. The molecule has 1 atom stereocenters. The molecule has 268 valence electrons. The fraction of sp³-hybridized carbons (Fsp3) is 0.590. The molecule has 0 aliphatic rings. The van der Waals surface area contributed by atoms with Crippen LogP contribution in [0.25, 0.3) is 0 Å². The van der Waals surface area contributed by atoms with Crippen molar-refractivity contribution in [3.05, 3.63) is 57.2 Å². The normalized spacial score (nSPS) is 13.1. The van der Waals surface area contributed by atoms with E-state index in [1.165, 1.54) is 16.7 Å². The molecule has 9 nitrogen and oxygen atoms in total. The zero-order valence-electron chi connectivity index (χ0n) is 30.4. The zero-order chi connectivity index (χ0) is 36.4. The lowest BCUT2D eigenvalue weighted by Gasteiger charge is -2.26. The van der Waals surface area contributed by atoms with Crippen molar-refractivity contribution in [2.75, 3.05) is 0 Å². The number of esters is 2. The highest BCUT2D eigenvalue weighted by Gasteiger charge is 2.26. The minimum atomic E-state index is -1.03. The molecule has 3 N–H and O–H groups in total. The van der Waals surface area contributed by atoms with E-state index in [4.69, 9.17) is 19.7 Å². The summed E-state index contributed by atoms with van der Waals surface area (Å²) in [6.45, 7) is 15.6. The fourth-order valence-corrected chi connectivity index (χ4v) is 5.33. The van der Waals surface area contributed by atoms with E-state index in [-0.39, 0.29) is 38.5 Å². The third-order valence-corrected chi connectivity index (χ3v) is 8.50. The van der Waals surface area contributed by atoms with Crippen molar-refractivity contribution in [3.8, 4) is 11.5 Å². The lowest BCUT2D eigenvalue weighted by Crippen LogP contribution is -2.25. The van der Waals surface area contributed by atoms with Gasteiger partial charge in [-0.25, -0.2) is 0 Å². The van der Waals surface area contributed by atoms with Crippen LogP contribution in [0.4, 0.5) is 0 Å². The molecule has 0 unspecified atom stereocenters. The Labute approximate surface area is 287 Å². The van der Waals surface area contributed by atoms with E-state index >= 15 is 0 Å². The van der Waals surface area contributed by atoms with Gasteiger partial charge in [-0.1, -0.05) is 34.9 Å². The fourth-order valence-electron chi connectivity index (χ4n) is 5.33. The molecule has 1 rings (SSSR count). The van der Waals surface area contributed by atoms with E-state index in [1.807, 2.05) is 0 Å². The van der Waals surface area contributed by atoms with Crippen LogP contribution in [0.2, 0.25) is 0 Å². The van der Waals surface area contributed by atoms with Gasteiger partial charge in [0.1, 0.15) is 11.5 Å². The Morgan fingerprint density at radius 3 is 1.58 bits per heavy atom. The number of benzene rings is 1. The Hall–Kier alpha value is -3.72. The van der Waals surface area contributed by atoms with Crippen LogP contribution in [0.3, 0.4) is 0 Å². The van der Waals surface area contributed by atoms with Crippen LogP contribution in [-0.2, 0) is 25.6 Å². The largest absolute Gasteiger partial charge is 0.481 e. The van der Waals surface area contributed by atoms with Crippen LogP contribution in [0.1, 0.15) is 140 Å². The molecule has 0 saturated heterocycles. The first kappa shape index (κ1) is 42.3. The zero-order valence-corrected chi connectivity index (χ0v) is 30.4. The summed E-state index contributed by atoms with van der Waals surface area (Å²) in [5.74, 6) is -2.46. The Morgan fingerprint density at radius 1 is 0.625 bits per heavy atom. The molecule has 0 aromatic heterocycles. The van der Waals surface area contributed by atoms with Gasteiger partial charge in [0.25, 0.3) is 0 Å². The maximum Gasteiger partial charge on any atom is 0.311 e. The first-order valence-corrected chi connectivity index (χ1v) is 17.1. The summed E-state index contributed by atoms with van der Waals surface area (Å²) < 4.78 is 11.5. The molecule has 0 aliphatic carbocycles. The van der Waals surface area contributed by atoms with Crippen LogP contribution < -0.4 is 9.47 Å². The van der Waals surface area contributed by atoms with Gasteiger partial charge in [-0.15, -0.1) is 0 Å². The Balaban J connectivity index is 3.08. The van der Waals surface area contributed by atoms with Crippen molar-refractivity contribution in [2.24, 2.45) is 0 Å². The molecule has 0 fully saturated rings. The summed E-state index contributed by atoms with van der Waals surface area (Å²) in [6.07, 6.45) is 12.6. The minimum absolute atomic E-state index is 0.0618. The first-order valence-electron chi connectivity index (χ1n) is 17.1. The quantitative estimate of drug-likeness (QED) is 0.0625. The Bertz CT molecular complexity index is 1360. The van der Waals surface area contributed by atoms with E-state index in [0.717, 1.165) is 25.7 Å². The molecule has 0 aliphatic heterocycles. The molecular weight excluding hydrogens is 612 g/mol. The predicted octanol–water partition coefficient (Wildman–Crippen LogP) is 8.82. The summed E-state index contributed by atoms with van der Waals surface area (Å²) in [4.78, 5) is 47.1. The molecule has 0 heterocycles. The van der Waals surface area contributed by atoms with Gasteiger partial charge in [-0.05, 0) is 136 Å². The van der Waals surface area contributed by atoms with Crippen LogP contribution >= 0.6 is 0 Å². The number of hydrogen-bond donors (Lipinski definition) is 3. The second kappa shape index (κ2) is 21.3. The molecule has 0 bridgehead atoms. The predicted molar refractivity (Wildman–Crippen MR) is 188 cm³/mol. The maximum atomic E-state index is 12.7. The second-order valence-electron chi connectivity index (χ2n) is 13.4. The van der Waals surface area contributed by atoms with Gasteiger partial charge in [-0.2, -0.15) is 0 Å². The molecule has 0 saturated carbocycles. The smallest absolute Gasteiger partial charge is 0.311 e. The summed E-state index contributed by atoms with van der Waals surface area (Å²) in [6, 6.07) is 0. The third kappa shape index (κ3) is 16.9. The molecular formula is C39H58O9. The highest BCUT2D eigenvalue weighted by molar-refractivity contribution is 5.77. The number of allylic oxidation sites excluding steroid dienone is 6. The summed E-state index contributed by atoms with van der Waals surface area (Å²) in [5, 5.41) is 29.2. The van der Waals surface area contributed by atoms with E-state index in [0.29, 0.717) is 59.4 Å². The van der Waals surface area contributed by atoms with Crippen molar-refractivity contribution in [1.29, 1.82) is 0 Å². The van der Waals surface area contributed by atoms with Crippen LogP contribution in [0, 0.1) is 20.8 Å². The van der Waals surface area contributed by atoms with Crippen molar-refractivity contribution in [3.63, 3.8) is 0 Å². The minimum Gasteiger partial charge on any atom is -0.481 e. The number of rotatable bonds is 22. The van der Waals surface area contributed by atoms with Crippen molar-refractivity contribution in [1.82, 2.24) is 0 Å². The number of aliphatic carboxylic acids is 2. The number of hydrogen-bond acceptors (Lipinski definition) is 7. The average molecular weight is 671 g/mol. The number of carbonyl (C=O) groups excluding carboxylic acids is 2. The van der Waals surface area contributed by atoms with Gasteiger partial charge in [-0.3, -0.25) is 19.2 Å². The Kier molecular flexibility index (Phi) is 18.8. The van der Waals surface area contributed by atoms with Gasteiger partial charge in [0.15, 0.2) is 0 Å². The topological polar surface area (TPSA) is 147 Å². The summed E-state index contributed by atoms with van der Waals surface area (Å²) in [5.41, 5.74) is 5.39. The highest BCUT2D eigenvalue weighted by Crippen LogP contribution is 2.40. The summed E-state index contributed by atoms with van der Waals surface area (Å²) in [7, 11) is 0. The highest BCUT2D eigenvalue weighted by atomic mass is 16.5. The van der Waals surface area contributed by atoms with Gasteiger partial charge in [0.2, 0.25) is 0 Å². The molecule has 0 spiro atoms. The lowest BCUT2D eigenvalue weighted by atomic mass is 9.88. The molecule has 1 aromatic rings. The maximum absolute atomic E-state index is 12.7. The molecule has 0 amide bonds. The third-order valence-electron chi connectivity index (χ3n) is 8.50. The van der Waals surface area contributed by atoms with E-state index < -0.39 is 29.5 Å². The molecule has 0 radical (unpaired) electrons. The van der Waals surface area contributed by atoms with Crippen LogP contribution in [0.5, 0.6) is 11.5 Å². The first-order chi connectivity index (χ1) is 22.4. The van der Waals surface area contributed by atoms with E-state index in [2.05, 4.69) is 45.9 Å². The van der Waals surface area contributed by atoms with E-state index in [1.54, 1.807) is 27.7 Å². The standard InChI is InChI=1S/C39H58O9/c1-26(2)14-9-15-27(3)16-10-17-28(4)18-13-24-39(8,46)25-23-32-31(7)37(47-35(44)21-11-19-33(40)41)29(5)30(6)38(32)48-36(45)22-12-20-34(42)43/h14,16,18,46H,9-13,15,17,19-25H2,1-8H3,(H,40,41)(H,42,43)/b27-16+,28-18+/t39-/m1/s1. The monoisotopic (exact) mass is 670 g/mol. The molecule has 9 heteroatoms.